The van der Waals surface area contributed by atoms with Gasteiger partial charge in [-0.05, 0) is 19.1 Å². The van der Waals surface area contributed by atoms with Crippen molar-refractivity contribution in [2.75, 3.05) is 6.61 Å². The van der Waals surface area contributed by atoms with Crippen LogP contribution in [0.2, 0.25) is 5.02 Å². The van der Waals surface area contributed by atoms with Crippen molar-refractivity contribution in [3.8, 4) is 0 Å². The monoisotopic (exact) mass is 249 g/mol. The fourth-order valence-corrected chi connectivity index (χ4v) is 1.28. The quantitative estimate of drug-likeness (QED) is 0.802. The lowest BCUT2D eigenvalue weighted by Gasteiger charge is -2.11. The van der Waals surface area contributed by atoms with Gasteiger partial charge in [0.1, 0.15) is 0 Å². The van der Waals surface area contributed by atoms with E-state index in [0.29, 0.717) is 0 Å². The van der Waals surface area contributed by atoms with Crippen LogP contribution in [0.25, 0.3) is 0 Å². The molecule has 1 aromatic carbocycles. The van der Waals surface area contributed by atoms with Crippen molar-refractivity contribution in [2.24, 2.45) is 0 Å². The Hall–Kier alpha value is -1.20. The van der Waals surface area contributed by atoms with Gasteiger partial charge in [0.2, 0.25) is 0 Å². The molecule has 1 rings (SSSR count). The number of halogens is 3. The molecule has 0 spiro atoms. The zero-order valence-corrected chi connectivity index (χ0v) is 9.18. The molecule has 6 heteroatoms. The summed E-state index contributed by atoms with van der Waals surface area (Å²) < 4.78 is 25.6. The highest BCUT2D eigenvalue weighted by Crippen LogP contribution is 2.19. The average Bonchev–Trinajstić information content (AvgIpc) is 2.23. The molecule has 88 valence electrons. The Kier molecular flexibility index (Phi) is 4.20. The molecule has 0 radical (unpaired) electrons. The average molecular weight is 250 g/mol. The standard InChI is InChI=1S/C10H10ClF2NO2/c1-5(4-15)14-10(16)6-2-8(12)9(13)3-7(6)11/h2-3,5,15H,4H2,1H3,(H,14,16)/t5-/m1/s1. The van der Waals surface area contributed by atoms with Crippen LogP contribution in [-0.4, -0.2) is 23.7 Å². The van der Waals surface area contributed by atoms with Gasteiger partial charge < -0.3 is 10.4 Å². The summed E-state index contributed by atoms with van der Waals surface area (Å²) in [4.78, 5) is 11.5. The van der Waals surface area contributed by atoms with Gasteiger partial charge >= 0.3 is 0 Å². The maximum atomic E-state index is 12.9. The smallest absolute Gasteiger partial charge is 0.253 e. The second-order valence-corrected chi connectivity index (χ2v) is 3.71. The first-order valence-corrected chi connectivity index (χ1v) is 4.89. The molecule has 0 unspecified atom stereocenters. The van der Waals surface area contributed by atoms with Gasteiger partial charge in [0.15, 0.2) is 11.6 Å². The fourth-order valence-electron chi connectivity index (χ4n) is 1.04. The Bertz CT molecular complexity index is 412. The van der Waals surface area contributed by atoms with Crippen LogP contribution in [0.5, 0.6) is 0 Å². The molecular weight excluding hydrogens is 240 g/mol. The number of hydrogen-bond acceptors (Lipinski definition) is 2. The Morgan fingerprint density at radius 2 is 2.06 bits per heavy atom. The SMILES string of the molecule is C[C@H](CO)NC(=O)c1cc(F)c(F)cc1Cl. The van der Waals surface area contributed by atoms with Gasteiger partial charge in [-0.25, -0.2) is 8.78 Å². The van der Waals surface area contributed by atoms with Crippen molar-refractivity contribution in [3.05, 3.63) is 34.4 Å². The first kappa shape index (κ1) is 12.9. The van der Waals surface area contributed by atoms with Crippen molar-refractivity contribution < 1.29 is 18.7 Å². The Morgan fingerprint density at radius 3 is 2.62 bits per heavy atom. The van der Waals surface area contributed by atoms with E-state index in [1.807, 2.05) is 0 Å². The minimum absolute atomic E-state index is 0.166. The molecule has 2 N–H and O–H groups in total. The number of carbonyl (C=O) groups excluding carboxylic acids is 1. The minimum Gasteiger partial charge on any atom is -0.394 e. The van der Waals surface area contributed by atoms with Gasteiger partial charge in [-0.2, -0.15) is 0 Å². The summed E-state index contributed by atoms with van der Waals surface area (Å²) in [7, 11) is 0. The van der Waals surface area contributed by atoms with Gasteiger partial charge in [0.05, 0.1) is 17.2 Å². The third-order valence-corrected chi connectivity index (χ3v) is 2.22. The normalized spacial score (nSPS) is 12.3. The largest absolute Gasteiger partial charge is 0.394 e. The van der Waals surface area contributed by atoms with Crippen LogP contribution >= 0.6 is 11.6 Å². The van der Waals surface area contributed by atoms with Crippen molar-refractivity contribution >= 4 is 17.5 Å². The van der Waals surface area contributed by atoms with E-state index in [4.69, 9.17) is 16.7 Å². The molecule has 0 aromatic heterocycles. The van der Waals surface area contributed by atoms with E-state index in [1.165, 1.54) is 0 Å². The van der Waals surface area contributed by atoms with Gasteiger partial charge in [0, 0.05) is 6.04 Å². The molecule has 0 aliphatic heterocycles. The number of carbonyl (C=O) groups is 1. The van der Waals surface area contributed by atoms with Crippen LogP contribution in [0, 0.1) is 11.6 Å². The number of rotatable bonds is 3. The van der Waals surface area contributed by atoms with Crippen LogP contribution in [0.15, 0.2) is 12.1 Å². The van der Waals surface area contributed by atoms with E-state index < -0.39 is 23.6 Å². The summed E-state index contributed by atoms with van der Waals surface area (Å²) in [6, 6.07) is 0.962. The highest BCUT2D eigenvalue weighted by atomic mass is 35.5. The maximum Gasteiger partial charge on any atom is 0.253 e. The van der Waals surface area contributed by atoms with Crippen molar-refractivity contribution in [3.63, 3.8) is 0 Å². The van der Waals surface area contributed by atoms with Crippen LogP contribution in [0.3, 0.4) is 0 Å². The second kappa shape index (κ2) is 5.23. The molecule has 3 nitrogen and oxygen atoms in total. The zero-order chi connectivity index (χ0) is 12.3. The van der Waals surface area contributed by atoms with Gasteiger partial charge in [-0.15, -0.1) is 0 Å². The van der Waals surface area contributed by atoms with Crippen molar-refractivity contribution in [2.45, 2.75) is 13.0 Å². The van der Waals surface area contributed by atoms with E-state index in [1.54, 1.807) is 6.92 Å². The minimum atomic E-state index is -1.15. The number of nitrogens with one attached hydrogen (secondary N) is 1. The number of benzene rings is 1. The van der Waals surface area contributed by atoms with Crippen molar-refractivity contribution in [1.82, 2.24) is 5.32 Å². The highest BCUT2D eigenvalue weighted by Gasteiger charge is 2.16. The van der Waals surface area contributed by atoms with Gasteiger partial charge in [-0.1, -0.05) is 11.6 Å². The van der Waals surface area contributed by atoms with E-state index >= 15 is 0 Å². The molecule has 1 aromatic rings. The molecule has 1 atom stereocenters. The summed E-state index contributed by atoms with van der Waals surface area (Å²) >= 11 is 5.59. The summed E-state index contributed by atoms with van der Waals surface area (Å²) in [6.45, 7) is 1.30. The Morgan fingerprint density at radius 1 is 1.50 bits per heavy atom. The van der Waals surface area contributed by atoms with Crippen LogP contribution in [0.4, 0.5) is 8.78 Å². The van der Waals surface area contributed by atoms with E-state index in [0.717, 1.165) is 12.1 Å². The van der Waals surface area contributed by atoms with Crippen molar-refractivity contribution in [1.29, 1.82) is 0 Å². The van der Waals surface area contributed by atoms with Crippen LogP contribution < -0.4 is 5.32 Å². The molecule has 1 amide bonds. The van der Waals surface area contributed by atoms with Gasteiger partial charge in [-0.3, -0.25) is 4.79 Å². The molecule has 0 saturated heterocycles. The van der Waals surface area contributed by atoms with Crippen LogP contribution in [-0.2, 0) is 0 Å². The number of hydrogen-bond donors (Lipinski definition) is 2. The molecule has 0 bridgehead atoms. The van der Waals surface area contributed by atoms with E-state index in [2.05, 4.69) is 5.32 Å². The fraction of sp³-hybridized carbons (Fsp3) is 0.300. The third kappa shape index (κ3) is 2.90. The Labute approximate surface area is 96.0 Å². The lowest BCUT2D eigenvalue weighted by atomic mass is 10.2. The zero-order valence-electron chi connectivity index (χ0n) is 8.43. The third-order valence-electron chi connectivity index (χ3n) is 1.91. The Balaban J connectivity index is 2.96. The summed E-state index contributed by atoms with van der Waals surface area (Å²) in [6.07, 6.45) is 0. The number of aliphatic hydroxyl groups is 1. The lowest BCUT2D eigenvalue weighted by molar-refractivity contribution is 0.0922. The summed E-state index contributed by atoms with van der Waals surface area (Å²) in [5.74, 6) is -2.92. The second-order valence-electron chi connectivity index (χ2n) is 3.30. The molecule has 0 saturated carbocycles. The van der Waals surface area contributed by atoms with E-state index in [-0.39, 0.29) is 17.2 Å². The molecule has 0 aliphatic carbocycles. The topological polar surface area (TPSA) is 49.3 Å². The predicted octanol–water partition coefficient (Wildman–Crippen LogP) is 1.73. The van der Waals surface area contributed by atoms with Gasteiger partial charge in [0.25, 0.3) is 5.91 Å². The lowest BCUT2D eigenvalue weighted by Crippen LogP contribution is -2.35. The maximum absolute atomic E-state index is 12.9. The summed E-state index contributed by atoms with van der Waals surface area (Å²) in [5, 5.41) is 10.9. The first-order valence-electron chi connectivity index (χ1n) is 4.52. The molecule has 0 aliphatic rings. The highest BCUT2D eigenvalue weighted by molar-refractivity contribution is 6.33. The van der Waals surface area contributed by atoms with Crippen LogP contribution in [0.1, 0.15) is 17.3 Å². The number of aliphatic hydroxyl groups excluding tert-OH is 1. The molecule has 0 fully saturated rings. The molecule has 0 heterocycles. The number of amides is 1. The first-order chi connectivity index (χ1) is 7.45. The predicted molar refractivity (Wildman–Crippen MR) is 55.4 cm³/mol. The molecule has 16 heavy (non-hydrogen) atoms. The summed E-state index contributed by atoms with van der Waals surface area (Å²) in [5.41, 5.74) is -0.166. The van der Waals surface area contributed by atoms with E-state index in [9.17, 15) is 13.6 Å². The molecular formula is C10H10ClF2NO2.